The molecule has 1 N–H and O–H groups in total. The fraction of sp³-hybridized carbons (Fsp3) is 0.333. The number of carbonyl (C=O) groups is 2. The highest BCUT2D eigenvalue weighted by Gasteiger charge is 2.28. The molecule has 0 radical (unpaired) electrons. The lowest BCUT2D eigenvalue weighted by molar-refractivity contribution is -0.141. The van der Waals surface area contributed by atoms with Gasteiger partial charge in [0.1, 0.15) is 0 Å². The van der Waals surface area contributed by atoms with Crippen LogP contribution in [0.15, 0.2) is 36.5 Å². The number of para-hydroxylation sites is 1. The normalized spacial score (nSPS) is 17.9. The molecule has 8 heteroatoms. The minimum Gasteiger partial charge on any atom is -0.481 e. The van der Waals surface area contributed by atoms with E-state index in [2.05, 4.69) is 10.2 Å². The number of carboxylic acids is 1. The summed E-state index contributed by atoms with van der Waals surface area (Å²) in [6.07, 6.45) is 0.798. The van der Waals surface area contributed by atoms with Gasteiger partial charge < -0.3 is 14.7 Å². The first kappa shape index (κ1) is 15.2. The Morgan fingerprint density at radius 1 is 1.30 bits per heavy atom. The number of nitrogens with zero attached hydrogens (tertiary/aromatic N) is 4. The lowest BCUT2D eigenvalue weighted by atomic mass is 10.2. The average molecular weight is 316 g/mol. The van der Waals surface area contributed by atoms with E-state index in [-0.39, 0.29) is 24.6 Å². The van der Waals surface area contributed by atoms with E-state index in [1.807, 2.05) is 30.3 Å². The molecular weight excluding hydrogens is 300 g/mol. The Hall–Kier alpha value is -2.74. The predicted octanol–water partition coefficient (Wildman–Crippen LogP) is 0.583. The lowest BCUT2D eigenvalue weighted by Crippen LogP contribution is -2.46. The third-order valence-corrected chi connectivity index (χ3v) is 3.53. The van der Waals surface area contributed by atoms with Crippen LogP contribution in [0.3, 0.4) is 0 Å². The maximum absolute atomic E-state index is 12.5. The Bertz CT molecular complexity index is 701. The first-order valence-electron chi connectivity index (χ1n) is 7.24. The van der Waals surface area contributed by atoms with Crippen LogP contribution in [0.4, 0.5) is 0 Å². The van der Waals surface area contributed by atoms with E-state index in [1.165, 1.54) is 11.0 Å². The summed E-state index contributed by atoms with van der Waals surface area (Å²) in [5, 5.41) is 17.1. The first-order valence-corrected chi connectivity index (χ1v) is 7.24. The van der Waals surface area contributed by atoms with Crippen LogP contribution in [-0.4, -0.2) is 62.7 Å². The first-order chi connectivity index (χ1) is 11.1. The van der Waals surface area contributed by atoms with Gasteiger partial charge in [-0.15, -0.1) is 5.10 Å². The van der Waals surface area contributed by atoms with Crippen LogP contribution in [0.2, 0.25) is 0 Å². The number of carbonyl (C=O) groups excluding carboxylic acids is 1. The SMILES string of the molecule is O=C(O)C[C@H]1CN(C(=O)c2cnn(-c3ccccc3)n2)CCO1. The average Bonchev–Trinajstić information content (AvgIpc) is 3.04. The molecule has 1 saturated heterocycles. The number of carboxylic acid groups (broad SMARTS) is 1. The summed E-state index contributed by atoms with van der Waals surface area (Å²) in [6, 6.07) is 9.28. The number of amides is 1. The van der Waals surface area contributed by atoms with E-state index in [0.29, 0.717) is 13.2 Å². The van der Waals surface area contributed by atoms with Crippen molar-refractivity contribution in [1.29, 1.82) is 0 Å². The van der Waals surface area contributed by atoms with E-state index in [1.54, 1.807) is 4.90 Å². The van der Waals surface area contributed by atoms with Crippen LogP contribution in [0.25, 0.3) is 5.69 Å². The Balaban J connectivity index is 1.71. The molecule has 0 saturated carbocycles. The molecule has 8 nitrogen and oxygen atoms in total. The van der Waals surface area contributed by atoms with Crippen LogP contribution >= 0.6 is 0 Å². The van der Waals surface area contributed by atoms with Crippen molar-refractivity contribution in [2.45, 2.75) is 12.5 Å². The smallest absolute Gasteiger partial charge is 0.306 e. The number of hydrogen-bond acceptors (Lipinski definition) is 5. The predicted molar refractivity (Wildman–Crippen MR) is 79.3 cm³/mol. The lowest BCUT2D eigenvalue weighted by Gasteiger charge is -2.31. The minimum atomic E-state index is -0.945. The molecule has 0 unspecified atom stereocenters. The zero-order valence-electron chi connectivity index (χ0n) is 12.3. The number of aliphatic carboxylic acids is 1. The van der Waals surface area contributed by atoms with Crippen molar-refractivity contribution < 1.29 is 19.4 Å². The van der Waals surface area contributed by atoms with E-state index in [9.17, 15) is 9.59 Å². The van der Waals surface area contributed by atoms with Crippen LogP contribution in [-0.2, 0) is 9.53 Å². The Labute approximate surface area is 132 Å². The van der Waals surface area contributed by atoms with Gasteiger partial charge in [-0.05, 0) is 12.1 Å². The monoisotopic (exact) mass is 316 g/mol. The Morgan fingerprint density at radius 3 is 2.83 bits per heavy atom. The quantitative estimate of drug-likeness (QED) is 0.886. The summed E-state index contributed by atoms with van der Waals surface area (Å²) in [5.74, 6) is -1.22. The van der Waals surface area contributed by atoms with Gasteiger partial charge in [-0.2, -0.15) is 9.90 Å². The second-order valence-corrected chi connectivity index (χ2v) is 5.20. The Kier molecular flexibility index (Phi) is 4.33. The molecule has 23 heavy (non-hydrogen) atoms. The summed E-state index contributed by atoms with van der Waals surface area (Å²) < 4.78 is 5.36. The van der Waals surface area contributed by atoms with Crippen LogP contribution < -0.4 is 0 Å². The molecule has 1 aromatic carbocycles. The molecule has 1 fully saturated rings. The highest BCUT2D eigenvalue weighted by atomic mass is 16.5. The maximum atomic E-state index is 12.5. The van der Waals surface area contributed by atoms with Gasteiger partial charge in [0.25, 0.3) is 5.91 Å². The largest absolute Gasteiger partial charge is 0.481 e. The van der Waals surface area contributed by atoms with Crippen molar-refractivity contribution >= 4 is 11.9 Å². The maximum Gasteiger partial charge on any atom is 0.306 e. The summed E-state index contributed by atoms with van der Waals surface area (Å²) in [7, 11) is 0. The van der Waals surface area contributed by atoms with Gasteiger partial charge >= 0.3 is 5.97 Å². The molecule has 0 bridgehead atoms. The Morgan fingerprint density at radius 2 is 2.09 bits per heavy atom. The third kappa shape index (κ3) is 3.54. The van der Waals surface area contributed by atoms with Gasteiger partial charge in [0.2, 0.25) is 0 Å². The third-order valence-electron chi connectivity index (χ3n) is 3.53. The molecule has 1 aliphatic heterocycles. The van der Waals surface area contributed by atoms with Crippen molar-refractivity contribution in [3.05, 3.63) is 42.2 Å². The van der Waals surface area contributed by atoms with E-state index in [4.69, 9.17) is 9.84 Å². The molecule has 3 rings (SSSR count). The molecular formula is C15H16N4O4. The van der Waals surface area contributed by atoms with Crippen molar-refractivity contribution in [1.82, 2.24) is 19.9 Å². The van der Waals surface area contributed by atoms with Gasteiger partial charge in [0.05, 0.1) is 31.0 Å². The van der Waals surface area contributed by atoms with Crippen LogP contribution in [0, 0.1) is 0 Å². The zero-order valence-corrected chi connectivity index (χ0v) is 12.3. The number of aromatic nitrogens is 3. The van der Waals surface area contributed by atoms with Crippen LogP contribution in [0.5, 0.6) is 0 Å². The molecule has 0 spiro atoms. The molecule has 2 aromatic rings. The van der Waals surface area contributed by atoms with Gasteiger partial charge in [-0.25, -0.2) is 0 Å². The molecule has 1 amide bonds. The highest BCUT2D eigenvalue weighted by Crippen LogP contribution is 2.12. The van der Waals surface area contributed by atoms with Crippen molar-refractivity contribution in [2.75, 3.05) is 19.7 Å². The highest BCUT2D eigenvalue weighted by molar-refractivity contribution is 5.92. The molecule has 1 atom stereocenters. The summed E-state index contributed by atoms with van der Waals surface area (Å²) >= 11 is 0. The van der Waals surface area contributed by atoms with Gasteiger partial charge in [0, 0.05) is 13.1 Å². The van der Waals surface area contributed by atoms with E-state index >= 15 is 0 Å². The van der Waals surface area contributed by atoms with Crippen molar-refractivity contribution in [3.8, 4) is 5.69 Å². The zero-order chi connectivity index (χ0) is 16.2. The fourth-order valence-corrected chi connectivity index (χ4v) is 2.43. The van der Waals surface area contributed by atoms with E-state index < -0.39 is 12.1 Å². The van der Waals surface area contributed by atoms with Crippen LogP contribution in [0.1, 0.15) is 16.9 Å². The molecule has 2 heterocycles. The van der Waals surface area contributed by atoms with E-state index in [0.717, 1.165) is 5.69 Å². The summed E-state index contributed by atoms with van der Waals surface area (Å²) in [5.41, 5.74) is 0.988. The molecule has 1 aliphatic rings. The number of hydrogen-bond donors (Lipinski definition) is 1. The second-order valence-electron chi connectivity index (χ2n) is 5.20. The van der Waals surface area contributed by atoms with Gasteiger partial charge in [-0.3, -0.25) is 9.59 Å². The number of benzene rings is 1. The molecule has 120 valence electrons. The summed E-state index contributed by atoms with van der Waals surface area (Å²) in [6.45, 7) is 0.965. The van der Waals surface area contributed by atoms with Crippen molar-refractivity contribution in [2.24, 2.45) is 0 Å². The molecule has 0 aliphatic carbocycles. The summed E-state index contributed by atoms with van der Waals surface area (Å²) in [4.78, 5) is 26.2. The fourth-order valence-electron chi connectivity index (χ4n) is 2.43. The number of morpholine rings is 1. The molecule has 1 aromatic heterocycles. The number of rotatable bonds is 4. The van der Waals surface area contributed by atoms with Gasteiger partial charge in [-0.1, -0.05) is 18.2 Å². The van der Waals surface area contributed by atoms with Gasteiger partial charge in [0.15, 0.2) is 5.69 Å². The number of ether oxygens (including phenoxy) is 1. The second kappa shape index (κ2) is 6.57. The van der Waals surface area contributed by atoms with Crippen molar-refractivity contribution in [3.63, 3.8) is 0 Å². The minimum absolute atomic E-state index is 0.125. The topological polar surface area (TPSA) is 97.6 Å². The standard InChI is InChI=1S/C15H16N4O4/c20-14(21)8-12-10-18(6-7-23-12)15(22)13-9-16-19(17-13)11-4-2-1-3-5-11/h1-5,9,12H,6-8,10H2,(H,20,21)/t12-/m0/s1.